The predicted octanol–water partition coefficient (Wildman–Crippen LogP) is 3.85. The fraction of sp³-hybridized carbons (Fsp3) is 0.538. The summed E-state index contributed by atoms with van der Waals surface area (Å²) in [6, 6.07) is 5.30. The SMILES string of the molecule is CCC1CC(Nc2cccc(Cl)c2F)CCO1. The summed E-state index contributed by atoms with van der Waals surface area (Å²) in [7, 11) is 0. The van der Waals surface area contributed by atoms with Crippen LogP contribution in [0.15, 0.2) is 18.2 Å². The van der Waals surface area contributed by atoms with Crippen molar-refractivity contribution in [2.45, 2.75) is 38.3 Å². The van der Waals surface area contributed by atoms with Crippen LogP contribution in [0.2, 0.25) is 5.02 Å². The van der Waals surface area contributed by atoms with Gasteiger partial charge in [0, 0.05) is 12.6 Å². The van der Waals surface area contributed by atoms with Crippen molar-refractivity contribution in [3.8, 4) is 0 Å². The summed E-state index contributed by atoms with van der Waals surface area (Å²) in [6.07, 6.45) is 3.10. The quantitative estimate of drug-likeness (QED) is 0.888. The molecule has 0 spiro atoms. The number of halogens is 2. The van der Waals surface area contributed by atoms with Gasteiger partial charge in [0.1, 0.15) is 0 Å². The number of rotatable bonds is 3. The Hall–Kier alpha value is -0.800. The predicted molar refractivity (Wildman–Crippen MR) is 68.1 cm³/mol. The van der Waals surface area contributed by atoms with Crippen LogP contribution in [0.5, 0.6) is 0 Å². The van der Waals surface area contributed by atoms with Gasteiger partial charge in [-0.15, -0.1) is 0 Å². The molecule has 2 atom stereocenters. The van der Waals surface area contributed by atoms with Gasteiger partial charge in [-0.1, -0.05) is 24.6 Å². The number of nitrogens with one attached hydrogen (secondary N) is 1. The summed E-state index contributed by atoms with van der Waals surface area (Å²) in [5.41, 5.74) is 0.485. The highest BCUT2D eigenvalue weighted by Crippen LogP contribution is 2.25. The standard InChI is InChI=1S/C13H17ClFNO/c1-2-10-8-9(6-7-17-10)16-12-5-3-4-11(14)13(12)15/h3-5,9-10,16H,2,6-8H2,1H3. The maximum Gasteiger partial charge on any atom is 0.164 e. The fourth-order valence-electron chi connectivity index (χ4n) is 2.13. The van der Waals surface area contributed by atoms with Crippen molar-refractivity contribution in [2.24, 2.45) is 0 Å². The molecule has 17 heavy (non-hydrogen) atoms. The van der Waals surface area contributed by atoms with Crippen LogP contribution < -0.4 is 5.32 Å². The maximum atomic E-state index is 13.7. The minimum atomic E-state index is -0.367. The summed E-state index contributed by atoms with van der Waals surface area (Å²) in [4.78, 5) is 0. The zero-order valence-corrected chi connectivity index (χ0v) is 10.6. The van der Waals surface area contributed by atoms with Gasteiger partial charge in [-0.3, -0.25) is 0 Å². The van der Waals surface area contributed by atoms with E-state index in [4.69, 9.17) is 16.3 Å². The molecule has 1 N–H and O–H groups in total. The minimum absolute atomic E-state index is 0.161. The van der Waals surface area contributed by atoms with E-state index < -0.39 is 0 Å². The number of anilines is 1. The summed E-state index contributed by atoms with van der Waals surface area (Å²) in [5.74, 6) is -0.367. The Kier molecular flexibility index (Phi) is 4.24. The largest absolute Gasteiger partial charge is 0.380 e. The van der Waals surface area contributed by atoms with Crippen molar-refractivity contribution >= 4 is 17.3 Å². The molecule has 0 bridgehead atoms. The van der Waals surface area contributed by atoms with Gasteiger partial charge < -0.3 is 10.1 Å². The molecule has 1 aromatic carbocycles. The number of hydrogen-bond donors (Lipinski definition) is 1. The van der Waals surface area contributed by atoms with Crippen molar-refractivity contribution in [3.05, 3.63) is 29.0 Å². The first-order valence-corrected chi connectivity index (χ1v) is 6.40. The zero-order valence-electron chi connectivity index (χ0n) is 9.88. The van der Waals surface area contributed by atoms with Gasteiger partial charge in [0.05, 0.1) is 16.8 Å². The van der Waals surface area contributed by atoms with E-state index in [0.717, 1.165) is 25.9 Å². The molecule has 0 radical (unpaired) electrons. The molecular weight excluding hydrogens is 241 g/mol. The number of benzene rings is 1. The van der Waals surface area contributed by atoms with Crippen LogP contribution in [0.1, 0.15) is 26.2 Å². The molecule has 4 heteroatoms. The van der Waals surface area contributed by atoms with Gasteiger partial charge in [0.15, 0.2) is 5.82 Å². The highest BCUT2D eigenvalue weighted by Gasteiger charge is 2.22. The van der Waals surface area contributed by atoms with Crippen LogP contribution >= 0.6 is 11.6 Å². The zero-order chi connectivity index (χ0) is 12.3. The van der Waals surface area contributed by atoms with E-state index in [1.807, 2.05) is 0 Å². The van der Waals surface area contributed by atoms with E-state index in [-0.39, 0.29) is 23.0 Å². The Morgan fingerprint density at radius 1 is 1.53 bits per heavy atom. The summed E-state index contributed by atoms with van der Waals surface area (Å²) < 4.78 is 19.3. The lowest BCUT2D eigenvalue weighted by Gasteiger charge is -2.30. The van der Waals surface area contributed by atoms with Crippen molar-refractivity contribution in [3.63, 3.8) is 0 Å². The van der Waals surface area contributed by atoms with Crippen molar-refractivity contribution < 1.29 is 9.13 Å². The van der Waals surface area contributed by atoms with Crippen LogP contribution in [0.25, 0.3) is 0 Å². The van der Waals surface area contributed by atoms with Crippen LogP contribution in [0.3, 0.4) is 0 Å². The molecule has 2 nitrogen and oxygen atoms in total. The molecule has 2 rings (SSSR count). The fourth-order valence-corrected chi connectivity index (χ4v) is 2.31. The van der Waals surface area contributed by atoms with Gasteiger partial charge >= 0.3 is 0 Å². The first kappa shape index (κ1) is 12.7. The molecule has 2 unspecified atom stereocenters. The Labute approximate surface area is 106 Å². The lowest BCUT2D eigenvalue weighted by molar-refractivity contribution is 0.00921. The molecule has 0 aliphatic carbocycles. The molecule has 94 valence electrons. The average Bonchev–Trinajstić information content (AvgIpc) is 2.35. The Balaban J connectivity index is 2.02. The van der Waals surface area contributed by atoms with E-state index in [9.17, 15) is 4.39 Å². The van der Waals surface area contributed by atoms with Crippen LogP contribution in [-0.2, 0) is 4.74 Å². The highest BCUT2D eigenvalue weighted by atomic mass is 35.5. The molecule has 0 saturated carbocycles. The lowest BCUT2D eigenvalue weighted by atomic mass is 10.0. The normalized spacial score (nSPS) is 24.6. The molecule has 0 aromatic heterocycles. The van der Waals surface area contributed by atoms with Gasteiger partial charge in [0.25, 0.3) is 0 Å². The van der Waals surface area contributed by atoms with Crippen LogP contribution in [0.4, 0.5) is 10.1 Å². The van der Waals surface area contributed by atoms with Crippen molar-refractivity contribution in [2.75, 3.05) is 11.9 Å². The van der Waals surface area contributed by atoms with E-state index in [0.29, 0.717) is 5.69 Å². The second kappa shape index (κ2) is 5.69. The maximum absolute atomic E-state index is 13.7. The Morgan fingerprint density at radius 2 is 2.35 bits per heavy atom. The molecule has 0 amide bonds. The number of ether oxygens (including phenoxy) is 1. The van der Waals surface area contributed by atoms with Crippen LogP contribution in [0, 0.1) is 5.82 Å². The van der Waals surface area contributed by atoms with Gasteiger partial charge in [-0.25, -0.2) is 4.39 Å². The van der Waals surface area contributed by atoms with Crippen molar-refractivity contribution in [1.29, 1.82) is 0 Å². The van der Waals surface area contributed by atoms with E-state index in [2.05, 4.69) is 12.2 Å². The molecule has 1 aliphatic rings. The third-order valence-corrected chi connectivity index (χ3v) is 3.43. The Bertz CT molecular complexity index is 386. The molecule has 1 fully saturated rings. The van der Waals surface area contributed by atoms with Gasteiger partial charge in [-0.2, -0.15) is 0 Å². The summed E-state index contributed by atoms with van der Waals surface area (Å²) in [5, 5.41) is 3.38. The van der Waals surface area contributed by atoms with Crippen molar-refractivity contribution in [1.82, 2.24) is 0 Å². The second-order valence-corrected chi connectivity index (χ2v) is 4.78. The third kappa shape index (κ3) is 3.11. The van der Waals surface area contributed by atoms with Gasteiger partial charge in [-0.05, 0) is 31.4 Å². The second-order valence-electron chi connectivity index (χ2n) is 4.37. The van der Waals surface area contributed by atoms with Crippen LogP contribution in [-0.4, -0.2) is 18.8 Å². The monoisotopic (exact) mass is 257 g/mol. The van der Waals surface area contributed by atoms with Gasteiger partial charge in [0.2, 0.25) is 0 Å². The van der Waals surface area contributed by atoms with E-state index in [1.54, 1.807) is 18.2 Å². The average molecular weight is 258 g/mol. The summed E-state index contributed by atoms with van der Waals surface area (Å²) >= 11 is 5.75. The molecule has 1 aliphatic heterocycles. The topological polar surface area (TPSA) is 21.3 Å². The lowest BCUT2D eigenvalue weighted by Crippen LogP contribution is -2.33. The van der Waals surface area contributed by atoms with E-state index in [1.165, 1.54) is 0 Å². The highest BCUT2D eigenvalue weighted by molar-refractivity contribution is 6.31. The number of hydrogen-bond acceptors (Lipinski definition) is 2. The smallest absolute Gasteiger partial charge is 0.164 e. The Morgan fingerprint density at radius 3 is 3.12 bits per heavy atom. The molecular formula is C13H17ClFNO. The minimum Gasteiger partial charge on any atom is -0.380 e. The van der Waals surface area contributed by atoms with E-state index >= 15 is 0 Å². The molecule has 1 heterocycles. The third-order valence-electron chi connectivity index (χ3n) is 3.13. The first-order valence-electron chi connectivity index (χ1n) is 6.03. The molecule has 1 aromatic rings. The summed E-state index contributed by atoms with van der Waals surface area (Å²) in [6.45, 7) is 2.84. The molecule has 1 saturated heterocycles. The first-order chi connectivity index (χ1) is 8.20.